The van der Waals surface area contributed by atoms with Crippen molar-refractivity contribution in [1.29, 1.82) is 5.26 Å². The number of rotatable bonds is 9. The lowest BCUT2D eigenvalue weighted by Gasteiger charge is -2.26. The third kappa shape index (κ3) is 5.75. The fourth-order valence-corrected chi connectivity index (χ4v) is 3.21. The number of nitrogens with one attached hydrogen (secondary N) is 1. The Labute approximate surface area is 131 Å². The van der Waals surface area contributed by atoms with Crippen LogP contribution in [-0.4, -0.2) is 17.8 Å². The summed E-state index contributed by atoms with van der Waals surface area (Å²) in [7, 11) is 0. The highest BCUT2D eigenvalue weighted by molar-refractivity contribution is 7.99. The summed E-state index contributed by atoms with van der Waals surface area (Å²) >= 11 is 7.76. The average molecular weight is 311 g/mol. The van der Waals surface area contributed by atoms with E-state index in [1.807, 2.05) is 18.2 Å². The van der Waals surface area contributed by atoms with Crippen LogP contribution >= 0.6 is 23.4 Å². The molecule has 0 radical (unpaired) electrons. The van der Waals surface area contributed by atoms with Gasteiger partial charge in [-0.3, -0.25) is 5.32 Å². The Morgan fingerprint density at radius 2 is 2.20 bits per heavy atom. The van der Waals surface area contributed by atoms with E-state index in [1.165, 1.54) is 4.90 Å². The molecule has 0 aromatic heterocycles. The Kier molecular flexibility index (Phi) is 8.06. The van der Waals surface area contributed by atoms with Crippen molar-refractivity contribution in [2.45, 2.75) is 50.0 Å². The first-order valence-corrected chi connectivity index (χ1v) is 8.57. The van der Waals surface area contributed by atoms with Gasteiger partial charge < -0.3 is 0 Å². The molecule has 0 spiro atoms. The predicted molar refractivity (Wildman–Crippen MR) is 88.3 cm³/mol. The molecule has 1 unspecified atom stereocenters. The van der Waals surface area contributed by atoms with Gasteiger partial charge in [0.2, 0.25) is 0 Å². The monoisotopic (exact) mass is 310 g/mol. The first-order valence-electron chi connectivity index (χ1n) is 7.20. The van der Waals surface area contributed by atoms with E-state index in [0.29, 0.717) is 0 Å². The summed E-state index contributed by atoms with van der Waals surface area (Å²) in [5, 5.41) is 13.6. The zero-order valence-electron chi connectivity index (χ0n) is 12.3. The van der Waals surface area contributed by atoms with Crippen molar-refractivity contribution in [3.05, 3.63) is 29.3 Å². The van der Waals surface area contributed by atoms with Gasteiger partial charge in [0, 0.05) is 9.92 Å². The Balaban J connectivity index is 2.39. The number of hydrogen-bond donors (Lipinski definition) is 1. The average Bonchev–Trinajstić information content (AvgIpc) is 2.47. The van der Waals surface area contributed by atoms with Crippen LogP contribution in [-0.2, 0) is 0 Å². The molecule has 1 atom stereocenters. The highest BCUT2D eigenvalue weighted by Gasteiger charge is 2.25. The molecule has 0 fully saturated rings. The van der Waals surface area contributed by atoms with Gasteiger partial charge in [-0.05, 0) is 56.2 Å². The van der Waals surface area contributed by atoms with Crippen molar-refractivity contribution in [1.82, 2.24) is 5.32 Å². The summed E-state index contributed by atoms with van der Waals surface area (Å²) in [6, 6.07) is 10.4. The highest BCUT2D eigenvalue weighted by atomic mass is 35.5. The van der Waals surface area contributed by atoms with E-state index in [9.17, 15) is 5.26 Å². The quantitative estimate of drug-likeness (QED) is 0.521. The summed E-state index contributed by atoms with van der Waals surface area (Å²) in [4.78, 5) is 1.19. The number of thioether (sulfide) groups is 1. The molecular formula is C16H23ClN2S. The lowest BCUT2D eigenvalue weighted by molar-refractivity contribution is 0.371. The minimum Gasteiger partial charge on any atom is -0.299 e. The molecule has 0 saturated carbocycles. The summed E-state index contributed by atoms with van der Waals surface area (Å²) in [6.07, 6.45) is 3.83. The zero-order chi connectivity index (χ0) is 14.8. The molecule has 0 saturated heterocycles. The van der Waals surface area contributed by atoms with Gasteiger partial charge in [0.15, 0.2) is 0 Å². The minimum absolute atomic E-state index is 0.356. The lowest BCUT2D eigenvalue weighted by atomic mass is 9.92. The lowest BCUT2D eigenvalue weighted by Crippen LogP contribution is -2.43. The van der Waals surface area contributed by atoms with Crippen LogP contribution in [0, 0.1) is 11.3 Å². The first kappa shape index (κ1) is 17.4. The Hall–Kier alpha value is -0.690. The number of halogens is 1. The van der Waals surface area contributed by atoms with Crippen molar-refractivity contribution < 1.29 is 0 Å². The molecule has 1 aromatic rings. The van der Waals surface area contributed by atoms with Crippen LogP contribution in [0.15, 0.2) is 29.2 Å². The molecule has 0 aliphatic carbocycles. The molecule has 0 aliphatic heterocycles. The largest absolute Gasteiger partial charge is 0.299 e. The van der Waals surface area contributed by atoms with Gasteiger partial charge >= 0.3 is 0 Å². The predicted octanol–water partition coefficient (Wildman–Crippen LogP) is 4.88. The topological polar surface area (TPSA) is 35.8 Å². The van der Waals surface area contributed by atoms with Gasteiger partial charge in [0.05, 0.1) is 6.07 Å². The van der Waals surface area contributed by atoms with Crippen LogP contribution in [0.3, 0.4) is 0 Å². The first-order chi connectivity index (χ1) is 9.65. The zero-order valence-corrected chi connectivity index (χ0v) is 13.9. The summed E-state index contributed by atoms with van der Waals surface area (Å²) in [5.74, 6) is 1.01. The van der Waals surface area contributed by atoms with Gasteiger partial charge in [0.1, 0.15) is 5.54 Å². The number of nitrogens with zero attached hydrogens (tertiary/aromatic N) is 1. The standard InChI is InChI=1S/C16H23ClN2S/c1-3-10-19-16(4-2,13-18)9-6-11-20-15-8-5-7-14(17)12-15/h5,7-8,12,19H,3-4,6,9-11H2,1-2H3. The number of hydrogen-bond acceptors (Lipinski definition) is 3. The second-order valence-corrected chi connectivity index (χ2v) is 6.49. The maximum atomic E-state index is 9.42. The smallest absolute Gasteiger partial charge is 0.106 e. The molecule has 1 rings (SSSR count). The van der Waals surface area contributed by atoms with Gasteiger partial charge in [0.25, 0.3) is 0 Å². The van der Waals surface area contributed by atoms with Crippen LogP contribution in [0.5, 0.6) is 0 Å². The molecule has 1 aromatic carbocycles. The van der Waals surface area contributed by atoms with Crippen molar-refractivity contribution >= 4 is 23.4 Å². The van der Waals surface area contributed by atoms with Crippen LogP contribution in [0.4, 0.5) is 0 Å². The van der Waals surface area contributed by atoms with Crippen LogP contribution < -0.4 is 5.32 Å². The fourth-order valence-electron chi connectivity index (χ4n) is 2.05. The minimum atomic E-state index is -0.356. The molecule has 4 heteroatoms. The Morgan fingerprint density at radius 3 is 2.80 bits per heavy atom. The van der Waals surface area contributed by atoms with Gasteiger partial charge in [-0.1, -0.05) is 31.5 Å². The molecule has 110 valence electrons. The Morgan fingerprint density at radius 1 is 1.40 bits per heavy atom. The SMILES string of the molecule is CCCNC(C#N)(CC)CCCSc1cccc(Cl)c1. The van der Waals surface area contributed by atoms with Gasteiger partial charge in [-0.2, -0.15) is 5.26 Å². The van der Waals surface area contributed by atoms with Crippen molar-refractivity contribution in [2.24, 2.45) is 0 Å². The fraction of sp³-hybridized carbons (Fsp3) is 0.562. The summed E-state index contributed by atoms with van der Waals surface area (Å²) < 4.78 is 0. The third-order valence-corrected chi connectivity index (χ3v) is 4.66. The maximum Gasteiger partial charge on any atom is 0.106 e. The van der Waals surface area contributed by atoms with Crippen LogP contribution in [0.2, 0.25) is 5.02 Å². The molecule has 2 nitrogen and oxygen atoms in total. The molecular weight excluding hydrogens is 288 g/mol. The van der Waals surface area contributed by atoms with Gasteiger partial charge in [-0.25, -0.2) is 0 Å². The molecule has 0 amide bonds. The normalized spacial score (nSPS) is 13.7. The number of nitriles is 1. The maximum absolute atomic E-state index is 9.42. The van der Waals surface area contributed by atoms with Crippen molar-refractivity contribution in [3.63, 3.8) is 0 Å². The van der Waals surface area contributed by atoms with Crippen molar-refractivity contribution in [2.75, 3.05) is 12.3 Å². The van der Waals surface area contributed by atoms with E-state index >= 15 is 0 Å². The molecule has 0 bridgehead atoms. The van der Waals surface area contributed by atoms with E-state index in [0.717, 1.165) is 43.0 Å². The highest BCUT2D eigenvalue weighted by Crippen LogP contribution is 2.24. The van der Waals surface area contributed by atoms with E-state index in [4.69, 9.17) is 11.6 Å². The van der Waals surface area contributed by atoms with Crippen molar-refractivity contribution in [3.8, 4) is 6.07 Å². The van der Waals surface area contributed by atoms with E-state index in [2.05, 4.69) is 31.3 Å². The summed E-state index contributed by atoms with van der Waals surface area (Å²) in [6.45, 7) is 5.11. The van der Waals surface area contributed by atoms with E-state index in [1.54, 1.807) is 11.8 Å². The van der Waals surface area contributed by atoms with E-state index < -0.39 is 0 Å². The Bertz CT molecular complexity index is 444. The molecule has 0 heterocycles. The third-order valence-electron chi connectivity index (χ3n) is 3.34. The van der Waals surface area contributed by atoms with Crippen LogP contribution in [0.1, 0.15) is 39.5 Å². The number of benzene rings is 1. The van der Waals surface area contributed by atoms with Crippen LogP contribution in [0.25, 0.3) is 0 Å². The molecule has 1 N–H and O–H groups in total. The second-order valence-electron chi connectivity index (χ2n) is 4.88. The van der Waals surface area contributed by atoms with Gasteiger partial charge in [-0.15, -0.1) is 11.8 Å². The molecule has 20 heavy (non-hydrogen) atoms. The molecule has 0 aliphatic rings. The van der Waals surface area contributed by atoms with E-state index in [-0.39, 0.29) is 5.54 Å². The second kappa shape index (κ2) is 9.28. The summed E-state index contributed by atoms with van der Waals surface area (Å²) in [5.41, 5.74) is -0.356.